The van der Waals surface area contributed by atoms with Gasteiger partial charge in [-0.2, -0.15) is 13.8 Å². The van der Waals surface area contributed by atoms with Crippen molar-refractivity contribution in [3.8, 4) is 22.9 Å². The average molecular weight is 361 g/mol. The number of ether oxygens (including phenoxy) is 2. The molecule has 0 aliphatic heterocycles. The number of hydrogen-bond donors (Lipinski definition) is 1. The van der Waals surface area contributed by atoms with Gasteiger partial charge in [-0.05, 0) is 43.3 Å². The van der Waals surface area contributed by atoms with E-state index in [1.54, 1.807) is 18.2 Å². The topological polar surface area (TPSA) is 69.4 Å². The van der Waals surface area contributed by atoms with E-state index >= 15 is 0 Å². The second-order valence-corrected chi connectivity index (χ2v) is 5.20. The van der Waals surface area contributed by atoms with Gasteiger partial charge < -0.3 is 19.3 Å². The summed E-state index contributed by atoms with van der Waals surface area (Å²) in [6.07, 6.45) is 0. The molecule has 0 atom stereocenters. The van der Waals surface area contributed by atoms with Crippen LogP contribution in [-0.2, 0) is 6.54 Å². The quantitative estimate of drug-likeness (QED) is 0.643. The van der Waals surface area contributed by atoms with E-state index in [0.29, 0.717) is 24.0 Å². The second-order valence-electron chi connectivity index (χ2n) is 5.20. The summed E-state index contributed by atoms with van der Waals surface area (Å²) in [5.41, 5.74) is 1.19. The van der Waals surface area contributed by atoms with Crippen molar-refractivity contribution in [3.05, 3.63) is 54.4 Å². The van der Waals surface area contributed by atoms with Crippen LogP contribution in [-0.4, -0.2) is 23.4 Å². The number of nitrogens with zero attached hydrogens (tertiary/aromatic N) is 2. The molecule has 0 spiro atoms. The molecule has 26 heavy (non-hydrogen) atoms. The molecule has 1 aromatic heterocycles. The van der Waals surface area contributed by atoms with Crippen LogP contribution in [0.15, 0.2) is 53.1 Å². The molecule has 0 aliphatic carbocycles. The fourth-order valence-corrected chi connectivity index (χ4v) is 2.29. The third kappa shape index (κ3) is 4.47. The Balaban J connectivity index is 1.66. The van der Waals surface area contributed by atoms with Crippen molar-refractivity contribution in [1.82, 2.24) is 10.1 Å². The Morgan fingerprint density at radius 1 is 1.12 bits per heavy atom. The molecule has 6 nitrogen and oxygen atoms in total. The fraction of sp³-hybridized carbons (Fsp3) is 0.222. The SMILES string of the molecule is CCOc1ccc(-c2noc(CNc3ccccc3OC(F)F)n2)cc1. The maximum atomic E-state index is 12.4. The summed E-state index contributed by atoms with van der Waals surface area (Å²) in [7, 11) is 0. The lowest BCUT2D eigenvalue weighted by Gasteiger charge is -2.10. The van der Waals surface area contributed by atoms with E-state index in [1.807, 2.05) is 31.2 Å². The summed E-state index contributed by atoms with van der Waals surface area (Å²) < 4.78 is 39.9. The van der Waals surface area contributed by atoms with E-state index in [9.17, 15) is 8.78 Å². The van der Waals surface area contributed by atoms with Gasteiger partial charge in [0.2, 0.25) is 11.7 Å². The zero-order chi connectivity index (χ0) is 18.4. The van der Waals surface area contributed by atoms with E-state index in [4.69, 9.17) is 9.26 Å². The highest BCUT2D eigenvalue weighted by Crippen LogP contribution is 2.26. The Bertz CT molecular complexity index is 838. The normalized spacial score (nSPS) is 10.8. The van der Waals surface area contributed by atoms with E-state index in [2.05, 4.69) is 20.2 Å². The molecule has 0 bridgehead atoms. The first-order valence-electron chi connectivity index (χ1n) is 7.99. The van der Waals surface area contributed by atoms with Crippen LogP contribution in [0, 0.1) is 0 Å². The van der Waals surface area contributed by atoms with Crippen LogP contribution < -0.4 is 14.8 Å². The fourth-order valence-electron chi connectivity index (χ4n) is 2.29. The highest BCUT2D eigenvalue weighted by molar-refractivity contribution is 5.57. The maximum Gasteiger partial charge on any atom is 0.387 e. The molecule has 0 saturated heterocycles. The molecule has 0 radical (unpaired) electrons. The molecule has 0 unspecified atom stereocenters. The van der Waals surface area contributed by atoms with Crippen LogP contribution >= 0.6 is 0 Å². The second kappa shape index (κ2) is 8.28. The summed E-state index contributed by atoms with van der Waals surface area (Å²) >= 11 is 0. The largest absolute Gasteiger partial charge is 0.494 e. The summed E-state index contributed by atoms with van der Waals surface area (Å²) in [4.78, 5) is 4.29. The first-order chi connectivity index (χ1) is 12.7. The van der Waals surface area contributed by atoms with E-state index < -0.39 is 6.61 Å². The number of alkyl halides is 2. The van der Waals surface area contributed by atoms with Gasteiger partial charge in [-0.25, -0.2) is 0 Å². The van der Waals surface area contributed by atoms with Crippen LogP contribution in [0.4, 0.5) is 14.5 Å². The molecule has 0 saturated carbocycles. The summed E-state index contributed by atoms with van der Waals surface area (Å²) in [5.74, 6) is 1.56. The maximum absolute atomic E-state index is 12.4. The third-order valence-corrected chi connectivity index (χ3v) is 3.42. The highest BCUT2D eigenvalue weighted by Gasteiger charge is 2.12. The minimum Gasteiger partial charge on any atom is -0.494 e. The Labute approximate surface area is 148 Å². The van der Waals surface area contributed by atoms with Gasteiger partial charge in [-0.15, -0.1) is 0 Å². The summed E-state index contributed by atoms with van der Waals surface area (Å²) in [6, 6.07) is 13.7. The zero-order valence-electron chi connectivity index (χ0n) is 14.0. The predicted octanol–water partition coefficient (Wildman–Crippen LogP) is 4.35. The van der Waals surface area contributed by atoms with Crippen molar-refractivity contribution in [2.24, 2.45) is 0 Å². The highest BCUT2D eigenvalue weighted by atomic mass is 19.3. The lowest BCUT2D eigenvalue weighted by Crippen LogP contribution is -2.06. The van der Waals surface area contributed by atoms with Crippen molar-refractivity contribution < 1.29 is 22.8 Å². The summed E-state index contributed by atoms with van der Waals surface area (Å²) in [6.45, 7) is -0.217. The van der Waals surface area contributed by atoms with Gasteiger partial charge in [0.1, 0.15) is 11.5 Å². The van der Waals surface area contributed by atoms with Gasteiger partial charge in [-0.1, -0.05) is 17.3 Å². The van der Waals surface area contributed by atoms with Gasteiger partial charge >= 0.3 is 6.61 Å². The zero-order valence-corrected chi connectivity index (χ0v) is 14.0. The standard InChI is InChI=1S/C18H17F2N3O3/c1-2-24-13-9-7-12(8-10-13)17-22-16(26-23-17)11-21-14-5-3-4-6-15(14)25-18(19)20/h3-10,18,21H,2,11H2,1H3. The number of benzene rings is 2. The van der Waals surface area contributed by atoms with Gasteiger partial charge in [-0.3, -0.25) is 0 Å². The smallest absolute Gasteiger partial charge is 0.387 e. The van der Waals surface area contributed by atoms with Crippen LogP contribution in [0.5, 0.6) is 11.5 Å². The number of anilines is 1. The number of halogens is 2. The number of rotatable bonds is 8. The Hall–Kier alpha value is -3.16. The van der Waals surface area contributed by atoms with Crippen molar-refractivity contribution in [2.45, 2.75) is 20.1 Å². The molecule has 0 fully saturated rings. The average Bonchev–Trinajstić information content (AvgIpc) is 3.10. The molecule has 0 aliphatic rings. The molecular formula is C18H17F2N3O3. The van der Waals surface area contributed by atoms with E-state index in [1.165, 1.54) is 6.07 Å². The molecular weight excluding hydrogens is 344 g/mol. The van der Waals surface area contributed by atoms with Gasteiger partial charge in [0.15, 0.2) is 0 Å². The Morgan fingerprint density at radius 3 is 2.62 bits per heavy atom. The van der Waals surface area contributed by atoms with Crippen molar-refractivity contribution in [3.63, 3.8) is 0 Å². The summed E-state index contributed by atoms with van der Waals surface area (Å²) in [5, 5.41) is 6.88. The van der Waals surface area contributed by atoms with E-state index in [0.717, 1.165) is 11.3 Å². The Kier molecular flexibility index (Phi) is 5.62. The minimum atomic E-state index is -2.90. The number of aromatic nitrogens is 2. The van der Waals surface area contributed by atoms with Crippen molar-refractivity contribution in [1.29, 1.82) is 0 Å². The minimum absolute atomic E-state index is 0.0498. The van der Waals surface area contributed by atoms with Crippen LogP contribution in [0.1, 0.15) is 12.8 Å². The molecule has 0 amide bonds. The monoisotopic (exact) mass is 361 g/mol. The van der Waals surface area contributed by atoms with E-state index in [-0.39, 0.29) is 12.3 Å². The van der Waals surface area contributed by atoms with Crippen LogP contribution in [0.2, 0.25) is 0 Å². The Morgan fingerprint density at radius 2 is 1.88 bits per heavy atom. The molecule has 1 N–H and O–H groups in total. The lowest BCUT2D eigenvalue weighted by molar-refractivity contribution is -0.0493. The van der Waals surface area contributed by atoms with Crippen molar-refractivity contribution >= 4 is 5.69 Å². The number of para-hydroxylation sites is 2. The van der Waals surface area contributed by atoms with Crippen LogP contribution in [0.3, 0.4) is 0 Å². The number of nitrogens with one attached hydrogen (secondary N) is 1. The number of hydrogen-bond acceptors (Lipinski definition) is 6. The molecule has 8 heteroatoms. The molecule has 1 heterocycles. The predicted molar refractivity (Wildman–Crippen MR) is 91.3 cm³/mol. The lowest BCUT2D eigenvalue weighted by atomic mass is 10.2. The molecule has 136 valence electrons. The third-order valence-electron chi connectivity index (χ3n) is 3.42. The van der Waals surface area contributed by atoms with Crippen molar-refractivity contribution in [2.75, 3.05) is 11.9 Å². The van der Waals surface area contributed by atoms with Gasteiger partial charge in [0.05, 0.1) is 18.8 Å². The van der Waals surface area contributed by atoms with Crippen LogP contribution in [0.25, 0.3) is 11.4 Å². The first kappa shape index (κ1) is 17.7. The van der Waals surface area contributed by atoms with Gasteiger partial charge in [0, 0.05) is 5.56 Å². The van der Waals surface area contributed by atoms with Gasteiger partial charge in [0.25, 0.3) is 0 Å². The molecule has 2 aromatic carbocycles. The molecule has 3 rings (SSSR count). The molecule has 3 aromatic rings. The first-order valence-corrected chi connectivity index (χ1v) is 7.99.